The van der Waals surface area contributed by atoms with Gasteiger partial charge in [0.25, 0.3) is 0 Å². The third-order valence-corrected chi connectivity index (χ3v) is 9.08. The molecule has 11 heteroatoms. The quantitative estimate of drug-likeness (QED) is 0.170. The highest BCUT2D eigenvalue weighted by molar-refractivity contribution is 5.82. The van der Waals surface area contributed by atoms with E-state index in [0.717, 1.165) is 28.7 Å². The van der Waals surface area contributed by atoms with Crippen molar-refractivity contribution in [2.24, 2.45) is 0 Å². The number of rotatable bonds is 6. The lowest BCUT2D eigenvalue weighted by molar-refractivity contribution is -0.214. The fourth-order valence-electron chi connectivity index (χ4n) is 6.68. The van der Waals surface area contributed by atoms with E-state index in [-0.39, 0.29) is 6.61 Å². The molecule has 2 heterocycles. The Morgan fingerprint density at radius 1 is 0.622 bits per heavy atom. The lowest BCUT2D eigenvalue weighted by atomic mass is 9.72. The minimum absolute atomic E-state index is 0.0829. The first-order chi connectivity index (χ1) is 21.6. The van der Waals surface area contributed by atoms with Gasteiger partial charge in [-0.15, -0.1) is 0 Å². The predicted molar refractivity (Wildman–Crippen MR) is 161 cm³/mol. The monoisotopic (exact) mass is 624 g/mol. The number of ether oxygens (including phenoxy) is 2. The molecule has 45 heavy (non-hydrogen) atoms. The average Bonchev–Trinajstić information content (AvgIpc) is 3.30. The van der Waals surface area contributed by atoms with Gasteiger partial charge in [0.1, 0.15) is 61.0 Å². The summed E-state index contributed by atoms with van der Waals surface area (Å²) in [7, 11) is 0. The van der Waals surface area contributed by atoms with Gasteiger partial charge in [-0.3, -0.25) is 0 Å². The molecule has 0 spiro atoms. The molecule has 0 bridgehead atoms. The molecule has 9 N–H and O–H groups in total. The van der Waals surface area contributed by atoms with E-state index in [4.69, 9.17) is 9.47 Å². The Hall–Kier alpha value is -2.88. The van der Waals surface area contributed by atoms with Crippen LogP contribution in [-0.2, 0) is 14.9 Å². The van der Waals surface area contributed by atoms with Crippen LogP contribution in [0.3, 0.4) is 0 Å². The van der Waals surface area contributed by atoms with Gasteiger partial charge in [-0.05, 0) is 59.4 Å². The zero-order valence-electron chi connectivity index (χ0n) is 24.8. The number of aliphatic hydroxyl groups excluding tert-OH is 9. The Balaban J connectivity index is 1.49. The highest BCUT2D eigenvalue weighted by Gasteiger charge is 2.45. The lowest BCUT2D eigenvalue weighted by Gasteiger charge is -2.37. The minimum atomic E-state index is -1.52. The van der Waals surface area contributed by atoms with Crippen molar-refractivity contribution < 1.29 is 55.4 Å². The molecule has 0 saturated carbocycles. The Labute approximate surface area is 261 Å². The van der Waals surface area contributed by atoms with E-state index < -0.39 is 79.7 Å². The molecule has 0 amide bonds. The smallest absolute Gasteiger partial charge is 0.147 e. The van der Waals surface area contributed by atoms with Crippen molar-refractivity contribution in [1.82, 2.24) is 0 Å². The second kappa shape index (κ2) is 13.9. The van der Waals surface area contributed by atoms with Crippen molar-refractivity contribution in [1.29, 1.82) is 0 Å². The molecule has 1 aliphatic carbocycles. The molecular formula is C34H40O11. The van der Waals surface area contributed by atoms with Gasteiger partial charge in [-0.2, -0.15) is 0 Å². The van der Waals surface area contributed by atoms with Crippen molar-refractivity contribution in [3.8, 4) is 34.8 Å². The van der Waals surface area contributed by atoms with Crippen LogP contribution in [0.25, 0.3) is 11.1 Å². The van der Waals surface area contributed by atoms with Crippen LogP contribution in [0.2, 0.25) is 0 Å². The molecule has 11 nitrogen and oxygen atoms in total. The van der Waals surface area contributed by atoms with Crippen molar-refractivity contribution in [3.63, 3.8) is 0 Å². The largest absolute Gasteiger partial charge is 0.396 e. The zero-order chi connectivity index (χ0) is 32.5. The van der Waals surface area contributed by atoms with E-state index in [1.165, 1.54) is 0 Å². The molecule has 0 radical (unpaired) electrons. The Morgan fingerprint density at radius 3 is 1.44 bits per heavy atom. The second-order valence-corrected chi connectivity index (χ2v) is 11.9. The fourth-order valence-corrected chi connectivity index (χ4v) is 6.68. The fraction of sp³-hybridized carbons (Fsp3) is 0.529. The molecular weight excluding hydrogens is 584 g/mol. The molecule has 2 aliphatic heterocycles. The minimum Gasteiger partial charge on any atom is -0.396 e. The maximum atomic E-state index is 10.4. The highest BCUT2D eigenvalue weighted by Crippen LogP contribution is 2.53. The van der Waals surface area contributed by atoms with Gasteiger partial charge >= 0.3 is 0 Å². The summed E-state index contributed by atoms with van der Waals surface area (Å²) in [6.45, 7) is 0.883. The van der Waals surface area contributed by atoms with Gasteiger partial charge in [-0.1, -0.05) is 49.2 Å². The van der Waals surface area contributed by atoms with Crippen LogP contribution in [0, 0.1) is 23.7 Å². The van der Waals surface area contributed by atoms with Gasteiger partial charge in [0.15, 0.2) is 0 Å². The predicted octanol–water partition coefficient (Wildman–Crippen LogP) is -1.48. The van der Waals surface area contributed by atoms with E-state index in [2.05, 4.69) is 30.6 Å². The summed E-state index contributed by atoms with van der Waals surface area (Å²) >= 11 is 0. The molecule has 8 unspecified atom stereocenters. The van der Waals surface area contributed by atoms with Crippen molar-refractivity contribution >= 4 is 0 Å². The van der Waals surface area contributed by atoms with E-state index in [0.29, 0.717) is 24.0 Å². The first kappa shape index (κ1) is 33.5. The maximum absolute atomic E-state index is 10.4. The molecule has 2 aromatic carbocycles. The van der Waals surface area contributed by atoms with Gasteiger partial charge in [0.05, 0.1) is 13.2 Å². The average molecular weight is 625 g/mol. The summed E-state index contributed by atoms with van der Waals surface area (Å²) in [5.74, 6) is 11.7. The SMILES string of the molecule is CCCC1(CCO)c2cc(C#CC3OC(CO)[C@@H](O)C(O)C3O)ccc2-c2ccc(C#CC3OC(CO)[C@@H](O)C(O)C3O)cc21. The van der Waals surface area contributed by atoms with E-state index in [1.807, 2.05) is 36.4 Å². The molecule has 242 valence electrons. The third kappa shape index (κ3) is 6.15. The van der Waals surface area contributed by atoms with Gasteiger partial charge < -0.3 is 55.4 Å². The normalized spacial score (nSPS) is 35.4. The Morgan fingerprint density at radius 2 is 1.07 bits per heavy atom. The first-order valence-electron chi connectivity index (χ1n) is 15.1. The standard InChI is InChI=1S/C34H40O11/c1-2-11-34(12-13-35)22-14-18(5-9-24-28(38)32(42)30(40)26(16-36)44-24)3-7-20(22)21-8-4-19(15-23(21)34)6-10-25-29(39)33(43)31(41)27(17-37)45-25/h3-4,7-8,14-15,24-33,35-43H,2,11-13,16-17H2,1H3/t24?,25?,26?,27?,28?,29?,30-,31-,32?,33?,34?/m1/s1. The number of hydrogen-bond donors (Lipinski definition) is 9. The molecule has 3 aliphatic rings. The molecule has 5 rings (SSSR count). The van der Waals surface area contributed by atoms with Crippen LogP contribution < -0.4 is 0 Å². The maximum Gasteiger partial charge on any atom is 0.147 e. The van der Waals surface area contributed by atoms with Crippen LogP contribution in [0.1, 0.15) is 48.4 Å². The number of fused-ring (bicyclic) bond motifs is 3. The number of hydrogen-bond acceptors (Lipinski definition) is 11. The van der Waals surface area contributed by atoms with E-state index in [9.17, 15) is 46.0 Å². The van der Waals surface area contributed by atoms with Crippen LogP contribution in [0.4, 0.5) is 0 Å². The van der Waals surface area contributed by atoms with E-state index in [1.54, 1.807) is 0 Å². The number of benzene rings is 2. The second-order valence-electron chi connectivity index (χ2n) is 11.9. The Kier molecular flexibility index (Phi) is 10.3. The van der Waals surface area contributed by atoms with Crippen molar-refractivity contribution in [3.05, 3.63) is 58.7 Å². The summed E-state index contributed by atoms with van der Waals surface area (Å²) in [5, 5.41) is 90.4. The summed E-state index contributed by atoms with van der Waals surface area (Å²) < 4.78 is 11.1. The molecule has 2 fully saturated rings. The first-order valence-corrected chi connectivity index (χ1v) is 15.1. The molecule has 10 atom stereocenters. The van der Waals surface area contributed by atoms with Crippen molar-refractivity contribution in [2.45, 2.75) is 92.6 Å². The van der Waals surface area contributed by atoms with Crippen LogP contribution in [-0.4, -0.2) is 127 Å². The lowest BCUT2D eigenvalue weighted by Crippen LogP contribution is -2.58. The topological polar surface area (TPSA) is 201 Å². The number of aliphatic hydroxyl groups is 9. The van der Waals surface area contributed by atoms with Crippen LogP contribution in [0.5, 0.6) is 0 Å². The third-order valence-electron chi connectivity index (χ3n) is 9.08. The summed E-state index contributed by atoms with van der Waals surface area (Å²) in [4.78, 5) is 0. The Bertz CT molecular complexity index is 1370. The van der Waals surface area contributed by atoms with Crippen LogP contribution in [0.15, 0.2) is 36.4 Å². The van der Waals surface area contributed by atoms with Crippen molar-refractivity contribution in [2.75, 3.05) is 19.8 Å². The molecule has 0 aromatic heterocycles. The summed E-state index contributed by atoms with van der Waals surface area (Å²) in [6, 6.07) is 11.4. The van der Waals surface area contributed by atoms with Gasteiger partial charge in [-0.25, -0.2) is 0 Å². The summed E-state index contributed by atoms with van der Waals surface area (Å²) in [5.41, 5.74) is 4.52. The highest BCUT2D eigenvalue weighted by atomic mass is 16.5. The zero-order valence-corrected chi connectivity index (χ0v) is 24.8. The van der Waals surface area contributed by atoms with Crippen LogP contribution >= 0.6 is 0 Å². The summed E-state index contributed by atoms with van der Waals surface area (Å²) in [6.07, 6.45) is -11.4. The van der Waals surface area contributed by atoms with Gasteiger partial charge in [0, 0.05) is 23.1 Å². The van der Waals surface area contributed by atoms with E-state index >= 15 is 0 Å². The molecule has 2 aromatic rings. The molecule has 2 saturated heterocycles. The van der Waals surface area contributed by atoms with Gasteiger partial charge in [0.2, 0.25) is 0 Å².